The second-order valence-electron chi connectivity index (χ2n) is 4.55. The van der Waals surface area contributed by atoms with Crippen LogP contribution in [0.1, 0.15) is 17.0 Å². The monoisotopic (exact) mass is 452 g/mol. The predicted octanol–water partition coefficient (Wildman–Crippen LogP) is 7.14. The molecule has 1 atom stereocenters. The molecular formula is C16H10Br2ClF3. The molecular weight excluding hydrogens is 444 g/mol. The van der Waals surface area contributed by atoms with E-state index in [4.69, 9.17) is 11.6 Å². The lowest BCUT2D eigenvalue weighted by atomic mass is 9.97. The van der Waals surface area contributed by atoms with Gasteiger partial charge in [0.2, 0.25) is 0 Å². The maximum absolute atomic E-state index is 13.5. The molecule has 0 fully saturated rings. The van der Waals surface area contributed by atoms with Crippen LogP contribution in [0.25, 0.3) is 4.48 Å². The summed E-state index contributed by atoms with van der Waals surface area (Å²) in [4.78, 5) is 0. The van der Waals surface area contributed by atoms with Gasteiger partial charge in [0.05, 0.1) is 0 Å². The Bertz CT molecular complexity index is 664. The van der Waals surface area contributed by atoms with Crippen LogP contribution in [0.5, 0.6) is 0 Å². The van der Waals surface area contributed by atoms with Crippen LogP contribution in [0.2, 0.25) is 5.02 Å². The predicted molar refractivity (Wildman–Crippen MR) is 91.5 cm³/mol. The quantitative estimate of drug-likeness (QED) is 0.462. The van der Waals surface area contributed by atoms with Crippen molar-refractivity contribution in [2.45, 2.75) is 12.1 Å². The van der Waals surface area contributed by atoms with E-state index in [1.54, 1.807) is 42.5 Å². The van der Waals surface area contributed by atoms with Gasteiger partial charge in [-0.05, 0) is 39.2 Å². The van der Waals surface area contributed by atoms with Gasteiger partial charge < -0.3 is 0 Å². The lowest BCUT2D eigenvalue weighted by Gasteiger charge is -2.22. The Morgan fingerprint density at radius 2 is 1.45 bits per heavy atom. The number of rotatable bonds is 3. The minimum absolute atomic E-state index is 0.0218. The number of benzene rings is 2. The van der Waals surface area contributed by atoms with Gasteiger partial charge in [-0.2, -0.15) is 13.2 Å². The molecule has 0 saturated heterocycles. The number of hydrogen-bond acceptors (Lipinski definition) is 0. The molecule has 0 radical (unpaired) electrons. The molecule has 0 aliphatic rings. The minimum atomic E-state index is -4.41. The molecule has 0 heterocycles. The Labute approximate surface area is 148 Å². The van der Waals surface area contributed by atoms with Crippen LogP contribution in [-0.2, 0) is 0 Å². The Balaban J connectivity index is 2.51. The van der Waals surface area contributed by atoms with E-state index in [-0.39, 0.29) is 10.0 Å². The average molecular weight is 455 g/mol. The highest BCUT2D eigenvalue weighted by atomic mass is 79.9. The fourth-order valence-electron chi connectivity index (χ4n) is 1.99. The van der Waals surface area contributed by atoms with Gasteiger partial charge in [0.15, 0.2) is 0 Å². The molecule has 2 aromatic rings. The molecule has 0 unspecified atom stereocenters. The molecule has 116 valence electrons. The first kappa shape index (κ1) is 17.6. The zero-order chi connectivity index (χ0) is 16.3. The van der Waals surface area contributed by atoms with Gasteiger partial charge in [-0.1, -0.05) is 70.0 Å². The summed E-state index contributed by atoms with van der Waals surface area (Å²) in [6.45, 7) is 0. The van der Waals surface area contributed by atoms with Crippen molar-refractivity contribution in [2.24, 2.45) is 0 Å². The van der Waals surface area contributed by atoms with Crippen LogP contribution >= 0.6 is 43.5 Å². The molecule has 0 saturated carbocycles. The third-order valence-corrected chi connectivity index (χ3v) is 5.54. The van der Waals surface area contributed by atoms with E-state index >= 15 is 0 Å². The maximum Gasteiger partial charge on any atom is 0.400 e. The fourth-order valence-corrected chi connectivity index (χ4v) is 3.36. The molecule has 0 nitrogen and oxygen atoms in total. The van der Waals surface area contributed by atoms with Crippen LogP contribution in [-0.4, -0.2) is 6.18 Å². The highest BCUT2D eigenvalue weighted by Crippen LogP contribution is 2.47. The second-order valence-corrected chi connectivity index (χ2v) is 6.64. The summed E-state index contributed by atoms with van der Waals surface area (Å²) in [6.07, 6.45) is -4.41. The van der Waals surface area contributed by atoms with Crippen LogP contribution < -0.4 is 0 Å². The zero-order valence-corrected chi connectivity index (χ0v) is 15.0. The van der Waals surface area contributed by atoms with Crippen molar-refractivity contribution in [1.29, 1.82) is 0 Å². The molecule has 0 bridgehead atoms. The lowest BCUT2D eigenvalue weighted by Crippen LogP contribution is -2.21. The number of hydrogen-bond donors (Lipinski definition) is 0. The van der Waals surface area contributed by atoms with Crippen molar-refractivity contribution in [1.82, 2.24) is 0 Å². The Morgan fingerprint density at radius 1 is 0.909 bits per heavy atom. The maximum atomic E-state index is 13.5. The molecule has 0 aliphatic heterocycles. The van der Waals surface area contributed by atoms with E-state index in [1.807, 2.05) is 0 Å². The summed E-state index contributed by atoms with van der Waals surface area (Å²) in [6, 6.07) is 14.4. The summed E-state index contributed by atoms with van der Waals surface area (Å²) in [5.74, 6) is -1.74. The normalized spacial score (nSPS) is 14.5. The largest absolute Gasteiger partial charge is 0.400 e. The van der Waals surface area contributed by atoms with Crippen LogP contribution in [0, 0.1) is 0 Å². The summed E-state index contributed by atoms with van der Waals surface area (Å²) >= 11 is 12.2. The van der Waals surface area contributed by atoms with Crippen LogP contribution in [0.15, 0.2) is 59.1 Å². The van der Waals surface area contributed by atoms with Crippen molar-refractivity contribution in [3.05, 3.63) is 75.2 Å². The van der Waals surface area contributed by atoms with E-state index in [1.165, 1.54) is 12.1 Å². The van der Waals surface area contributed by atoms with E-state index in [9.17, 15) is 13.2 Å². The molecule has 0 aliphatic carbocycles. The Morgan fingerprint density at radius 3 is 1.95 bits per heavy atom. The average Bonchev–Trinajstić information content (AvgIpc) is 2.47. The Kier molecular flexibility index (Phi) is 5.75. The third kappa shape index (κ3) is 4.15. The molecule has 2 aromatic carbocycles. The first-order valence-electron chi connectivity index (χ1n) is 6.23. The van der Waals surface area contributed by atoms with Crippen molar-refractivity contribution in [2.75, 3.05) is 0 Å². The molecule has 2 rings (SSSR count). The standard InChI is InChI=1S/C16H10Br2ClF3/c17-14(11-6-8-12(19)9-7-11)15(18)13(16(20,21)22)10-4-2-1-3-5-10/h1-9,13H/b15-14-/t13-/m0/s1. The summed E-state index contributed by atoms with van der Waals surface area (Å²) in [5, 5.41) is 0.524. The highest BCUT2D eigenvalue weighted by Gasteiger charge is 2.43. The molecule has 0 N–H and O–H groups in total. The van der Waals surface area contributed by atoms with Crippen molar-refractivity contribution in [3.63, 3.8) is 0 Å². The van der Waals surface area contributed by atoms with Gasteiger partial charge in [0.25, 0.3) is 0 Å². The minimum Gasteiger partial charge on any atom is -0.170 e. The first-order valence-corrected chi connectivity index (χ1v) is 8.20. The lowest BCUT2D eigenvalue weighted by molar-refractivity contribution is -0.140. The number of alkyl halides is 3. The van der Waals surface area contributed by atoms with Crippen LogP contribution in [0.4, 0.5) is 13.2 Å². The molecule has 0 amide bonds. The van der Waals surface area contributed by atoms with Gasteiger partial charge in [0.1, 0.15) is 5.92 Å². The summed E-state index contributed by atoms with van der Waals surface area (Å²) < 4.78 is 40.8. The van der Waals surface area contributed by atoms with E-state index < -0.39 is 12.1 Å². The van der Waals surface area contributed by atoms with Gasteiger partial charge in [-0.25, -0.2) is 0 Å². The summed E-state index contributed by atoms with van der Waals surface area (Å²) in [7, 11) is 0. The highest BCUT2D eigenvalue weighted by molar-refractivity contribution is 9.16. The first-order chi connectivity index (χ1) is 10.3. The fraction of sp³-hybridized carbons (Fsp3) is 0.125. The van der Waals surface area contributed by atoms with Gasteiger partial charge in [-0.15, -0.1) is 0 Å². The van der Waals surface area contributed by atoms with Crippen molar-refractivity contribution >= 4 is 47.9 Å². The number of halogens is 6. The smallest absolute Gasteiger partial charge is 0.170 e. The summed E-state index contributed by atoms with van der Waals surface area (Å²) in [5.41, 5.74) is 0.786. The molecule has 6 heteroatoms. The van der Waals surface area contributed by atoms with E-state index in [2.05, 4.69) is 31.9 Å². The van der Waals surface area contributed by atoms with E-state index in [0.29, 0.717) is 15.1 Å². The number of allylic oxidation sites excluding steroid dienone is 1. The van der Waals surface area contributed by atoms with Gasteiger partial charge >= 0.3 is 6.18 Å². The molecule has 0 aromatic heterocycles. The van der Waals surface area contributed by atoms with E-state index in [0.717, 1.165) is 0 Å². The van der Waals surface area contributed by atoms with Gasteiger partial charge in [0, 0.05) is 14.0 Å². The molecule has 0 spiro atoms. The van der Waals surface area contributed by atoms with Crippen molar-refractivity contribution < 1.29 is 13.2 Å². The third-order valence-electron chi connectivity index (χ3n) is 3.02. The zero-order valence-electron chi connectivity index (χ0n) is 11.0. The molecule has 22 heavy (non-hydrogen) atoms. The van der Waals surface area contributed by atoms with Gasteiger partial charge in [-0.3, -0.25) is 0 Å². The second kappa shape index (κ2) is 7.20. The van der Waals surface area contributed by atoms with Crippen LogP contribution in [0.3, 0.4) is 0 Å². The SMILES string of the molecule is FC(F)(F)[C@H](/C(Br)=C(/Br)c1ccc(Cl)cc1)c1ccccc1. The van der Waals surface area contributed by atoms with Crippen molar-refractivity contribution in [3.8, 4) is 0 Å². The topological polar surface area (TPSA) is 0 Å². The Hall–Kier alpha value is -0.780.